The van der Waals surface area contributed by atoms with Crippen molar-refractivity contribution in [2.75, 3.05) is 25.7 Å². The summed E-state index contributed by atoms with van der Waals surface area (Å²) in [6, 6.07) is 11.1. The zero-order chi connectivity index (χ0) is 21.3. The number of para-hydroxylation sites is 1. The first-order valence-corrected chi connectivity index (χ1v) is 9.73. The van der Waals surface area contributed by atoms with Crippen LogP contribution in [0.1, 0.15) is 17.5 Å². The van der Waals surface area contributed by atoms with Crippen molar-refractivity contribution >= 4 is 23.5 Å². The molecule has 30 heavy (non-hydrogen) atoms. The highest BCUT2D eigenvalue weighted by atomic mass is 16.5. The fourth-order valence-corrected chi connectivity index (χ4v) is 3.89. The molecule has 0 bridgehead atoms. The van der Waals surface area contributed by atoms with E-state index in [0.29, 0.717) is 36.7 Å². The van der Waals surface area contributed by atoms with E-state index in [-0.39, 0.29) is 12.3 Å². The monoisotopic (exact) mass is 409 g/mol. The predicted molar refractivity (Wildman–Crippen MR) is 110 cm³/mol. The average molecular weight is 409 g/mol. The number of nitrogens with zero attached hydrogens (tertiary/aromatic N) is 2. The minimum absolute atomic E-state index is 0.0729. The van der Waals surface area contributed by atoms with Crippen LogP contribution in [0.4, 0.5) is 10.5 Å². The van der Waals surface area contributed by atoms with E-state index in [1.165, 1.54) is 0 Å². The number of methoxy groups -OCH3 is 2. The largest absolute Gasteiger partial charge is 0.493 e. The molecule has 1 N–H and O–H groups in total. The van der Waals surface area contributed by atoms with Gasteiger partial charge in [0.05, 0.1) is 26.3 Å². The quantitative estimate of drug-likeness (QED) is 0.764. The Kier molecular flexibility index (Phi) is 5.31. The Labute approximate surface area is 174 Å². The lowest BCUT2D eigenvalue weighted by molar-refractivity contribution is -0.134. The average Bonchev–Trinajstić information content (AvgIpc) is 3.05. The summed E-state index contributed by atoms with van der Waals surface area (Å²) < 4.78 is 10.7. The highest BCUT2D eigenvalue weighted by molar-refractivity contribution is 6.22. The normalized spacial score (nSPS) is 18.1. The molecule has 1 saturated heterocycles. The number of nitrogens with one attached hydrogen (secondary N) is 1. The molecule has 2 aliphatic rings. The smallest absolute Gasteiger partial charge is 0.329 e. The van der Waals surface area contributed by atoms with Crippen LogP contribution in [0.5, 0.6) is 11.5 Å². The highest BCUT2D eigenvalue weighted by Gasteiger charge is 2.40. The van der Waals surface area contributed by atoms with Crippen molar-refractivity contribution in [3.05, 3.63) is 53.6 Å². The maximum absolute atomic E-state index is 12.9. The van der Waals surface area contributed by atoms with E-state index in [4.69, 9.17) is 9.47 Å². The fourth-order valence-electron chi connectivity index (χ4n) is 3.89. The van der Waals surface area contributed by atoms with Crippen LogP contribution in [-0.2, 0) is 22.6 Å². The first kappa shape index (κ1) is 19.8. The molecule has 8 heteroatoms. The highest BCUT2D eigenvalue weighted by Crippen LogP contribution is 2.33. The third-order valence-electron chi connectivity index (χ3n) is 5.48. The molecular formula is C22H23N3O5. The van der Waals surface area contributed by atoms with Crippen molar-refractivity contribution in [1.82, 2.24) is 10.2 Å². The van der Waals surface area contributed by atoms with Crippen LogP contribution in [0, 0.1) is 0 Å². The topological polar surface area (TPSA) is 88.2 Å². The second-order valence-electron chi connectivity index (χ2n) is 7.26. The third-order valence-corrected chi connectivity index (χ3v) is 5.48. The molecule has 2 heterocycles. The molecule has 2 aromatic carbocycles. The summed E-state index contributed by atoms with van der Waals surface area (Å²) in [6.45, 7) is 0.963. The van der Waals surface area contributed by atoms with Gasteiger partial charge in [-0.2, -0.15) is 0 Å². The third kappa shape index (κ3) is 3.56. The lowest BCUT2D eigenvalue weighted by Crippen LogP contribution is -2.41. The standard InChI is InChI=1S/C22H23N3O5/c1-29-18-10-14-8-9-24(13-15(14)11-19(18)30-2)20(26)12-17-21(27)25(22(28)23-17)16-6-4-3-5-7-16/h3-7,10-11,17H,8-9,12-13H2,1-2H3,(H,23,28)/t17-/m0/s1. The summed E-state index contributed by atoms with van der Waals surface area (Å²) in [5, 5.41) is 2.63. The molecule has 0 spiro atoms. The minimum Gasteiger partial charge on any atom is -0.493 e. The molecule has 1 fully saturated rings. The van der Waals surface area contributed by atoms with E-state index >= 15 is 0 Å². The van der Waals surface area contributed by atoms with Gasteiger partial charge in [0.25, 0.3) is 5.91 Å². The number of carbonyl (C=O) groups is 3. The van der Waals surface area contributed by atoms with Crippen LogP contribution in [-0.4, -0.2) is 49.6 Å². The Morgan fingerprint density at radius 3 is 2.40 bits per heavy atom. The number of anilines is 1. The number of hydrogen-bond acceptors (Lipinski definition) is 5. The molecule has 1 atom stereocenters. The van der Waals surface area contributed by atoms with E-state index < -0.39 is 18.0 Å². The molecule has 2 aromatic rings. The van der Waals surface area contributed by atoms with E-state index in [1.807, 2.05) is 18.2 Å². The number of ether oxygens (including phenoxy) is 2. The maximum atomic E-state index is 12.9. The number of imide groups is 1. The van der Waals surface area contributed by atoms with E-state index in [2.05, 4.69) is 5.32 Å². The van der Waals surface area contributed by atoms with E-state index in [0.717, 1.165) is 16.0 Å². The van der Waals surface area contributed by atoms with Crippen LogP contribution in [0.2, 0.25) is 0 Å². The number of amides is 4. The molecule has 0 unspecified atom stereocenters. The first-order valence-electron chi connectivity index (χ1n) is 9.73. The number of fused-ring (bicyclic) bond motifs is 1. The molecule has 4 rings (SSSR count). The molecule has 0 radical (unpaired) electrons. The lowest BCUT2D eigenvalue weighted by Gasteiger charge is -2.30. The Bertz CT molecular complexity index is 992. The first-order chi connectivity index (χ1) is 14.5. The maximum Gasteiger partial charge on any atom is 0.329 e. The summed E-state index contributed by atoms with van der Waals surface area (Å²) in [4.78, 5) is 40.7. The molecular weight excluding hydrogens is 386 g/mol. The van der Waals surface area contributed by atoms with Crippen LogP contribution >= 0.6 is 0 Å². The predicted octanol–water partition coefficient (Wildman–Crippen LogP) is 2.10. The Morgan fingerprint density at radius 1 is 1.07 bits per heavy atom. The number of hydrogen-bond donors (Lipinski definition) is 1. The van der Waals surface area contributed by atoms with Crippen molar-refractivity contribution in [1.29, 1.82) is 0 Å². The van der Waals surface area contributed by atoms with Crippen LogP contribution < -0.4 is 19.7 Å². The number of urea groups is 1. The van der Waals surface area contributed by atoms with Gasteiger partial charge in [-0.15, -0.1) is 0 Å². The molecule has 4 amide bonds. The van der Waals surface area contributed by atoms with Crippen molar-refractivity contribution in [3.8, 4) is 11.5 Å². The molecule has 2 aliphatic heterocycles. The van der Waals surface area contributed by atoms with Crippen molar-refractivity contribution in [3.63, 3.8) is 0 Å². The zero-order valence-corrected chi connectivity index (χ0v) is 16.9. The summed E-state index contributed by atoms with van der Waals surface area (Å²) in [5.74, 6) is 0.686. The second-order valence-corrected chi connectivity index (χ2v) is 7.26. The summed E-state index contributed by atoms with van der Waals surface area (Å²) in [6.07, 6.45) is 0.610. The molecule has 0 saturated carbocycles. The van der Waals surface area contributed by atoms with Crippen LogP contribution in [0.3, 0.4) is 0 Å². The van der Waals surface area contributed by atoms with Crippen LogP contribution in [0.25, 0.3) is 0 Å². The van der Waals surface area contributed by atoms with Crippen molar-refractivity contribution < 1.29 is 23.9 Å². The Morgan fingerprint density at radius 2 is 1.73 bits per heavy atom. The van der Waals surface area contributed by atoms with Gasteiger partial charge in [-0.1, -0.05) is 18.2 Å². The number of rotatable bonds is 5. The zero-order valence-electron chi connectivity index (χ0n) is 16.9. The number of carbonyl (C=O) groups excluding carboxylic acids is 3. The molecule has 156 valence electrons. The minimum atomic E-state index is -0.864. The number of benzene rings is 2. The lowest BCUT2D eigenvalue weighted by atomic mass is 9.98. The Hall–Kier alpha value is -3.55. The van der Waals surface area contributed by atoms with Gasteiger partial charge >= 0.3 is 6.03 Å². The molecule has 0 aliphatic carbocycles. The van der Waals surface area contributed by atoms with Gasteiger partial charge < -0.3 is 19.7 Å². The van der Waals surface area contributed by atoms with Gasteiger partial charge in [-0.3, -0.25) is 9.59 Å². The van der Waals surface area contributed by atoms with Crippen LogP contribution in [0.15, 0.2) is 42.5 Å². The summed E-state index contributed by atoms with van der Waals surface area (Å²) >= 11 is 0. The van der Waals surface area contributed by atoms with Gasteiger partial charge in [0.2, 0.25) is 5.91 Å². The molecule has 0 aromatic heterocycles. The van der Waals surface area contributed by atoms with Gasteiger partial charge in [0.1, 0.15) is 6.04 Å². The van der Waals surface area contributed by atoms with Crippen molar-refractivity contribution in [2.45, 2.75) is 25.4 Å². The molecule has 8 nitrogen and oxygen atoms in total. The van der Waals surface area contributed by atoms with E-state index in [9.17, 15) is 14.4 Å². The Balaban J connectivity index is 1.45. The van der Waals surface area contributed by atoms with Crippen molar-refractivity contribution in [2.24, 2.45) is 0 Å². The summed E-state index contributed by atoms with van der Waals surface area (Å²) in [7, 11) is 3.16. The van der Waals surface area contributed by atoms with Gasteiger partial charge in [-0.25, -0.2) is 9.69 Å². The van der Waals surface area contributed by atoms with Gasteiger partial charge in [0.15, 0.2) is 11.5 Å². The fraction of sp³-hybridized carbons (Fsp3) is 0.318. The summed E-state index contributed by atoms with van der Waals surface area (Å²) in [5.41, 5.74) is 2.58. The van der Waals surface area contributed by atoms with Gasteiger partial charge in [-0.05, 0) is 41.8 Å². The van der Waals surface area contributed by atoms with Gasteiger partial charge in [0, 0.05) is 13.1 Å². The van der Waals surface area contributed by atoms with E-state index in [1.54, 1.807) is 43.4 Å². The second kappa shape index (κ2) is 8.06. The SMILES string of the molecule is COc1cc2c(cc1OC)CN(C(=O)C[C@@H]1NC(=O)N(c3ccccc3)C1=O)CC2.